The van der Waals surface area contributed by atoms with Gasteiger partial charge in [-0.3, -0.25) is 19.4 Å². The van der Waals surface area contributed by atoms with Gasteiger partial charge in [0.15, 0.2) is 11.5 Å². The Labute approximate surface area is 254 Å². The Morgan fingerprint density at radius 1 is 0.841 bits per heavy atom. The van der Waals surface area contributed by atoms with Crippen LogP contribution in [0.5, 0.6) is 0 Å². The van der Waals surface area contributed by atoms with Crippen LogP contribution in [0.4, 0.5) is 0 Å². The molecule has 44 heavy (non-hydrogen) atoms. The predicted molar refractivity (Wildman–Crippen MR) is 171 cm³/mol. The maximum absolute atomic E-state index is 5.18. The average Bonchev–Trinajstić information content (AvgIpc) is 3.73. The third-order valence-electron chi connectivity index (χ3n) is 8.63. The zero-order chi connectivity index (χ0) is 29.5. The first-order valence-corrected chi connectivity index (χ1v) is 15.1. The molecule has 6 heterocycles. The first kappa shape index (κ1) is 26.4. The number of aryl methyl sites for hydroxylation is 1. The number of benzene rings is 2. The van der Waals surface area contributed by atoms with E-state index in [0.29, 0.717) is 11.7 Å². The molecule has 5 aromatic heterocycles. The Morgan fingerprint density at radius 3 is 2.45 bits per heavy atom. The van der Waals surface area contributed by atoms with Crippen molar-refractivity contribution in [3.8, 4) is 33.9 Å². The minimum atomic E-state index is 0.386. The van der Waals surface area contributed by atoms with Crippen molar-refractivity contribution in [1.82, 2.24) is 44.6 Å². The summed E-state index contributed by atoms with van der Waals surface area (Å²) in [7, 11) is 0. The lowest BCUT2D eigenvalue weighted by Crippen LogP contribution is -2.32. The third-order valence-corrected chi connectivity index (χ3v) is 8.63. The molecular weight excluding hydrogens is 546 g/mol. The molecule has 1 saturated heterocycles. The molecule has 8 rings (SSSR count). The van der Waals surface area contributed by atoms with Crippen LogP contribution in [0.15, 0.2) is 97.3 Å². The highest BCUT2D eigenvalue weighted by molar-refractivity contribution is 5.98. The quantitative estimate of drug-likeness (QED) is 0.241. The molecule has 0 atom stereocenters. The molecule has 9 heteroatoms. The topological polar surface area (TPSA) is 101 Å². The zero-order valence-electron chi connectivity index (χ0n) is 24.4. The summed E-state index contributed by atoms with van der Waals surface area (Å²) in [6.07, 6.45) is 5.87. The summed E-state index contributed by atoms with van der Waals surface area (Å²) in [6, 6.07) is 29.4. The van der Waals surface area contributed by atoms with Crippen LogP contribution in [0.2, 0.25) is 0 Å². The number of H-pyrrole nitrogens is 1. The van der Waals surface area contributed by atoms with Crippen molar-refractivity contribution in [2.75, 3.05) is 13.1 Å². The molecule has 1 N–H and O–H groups in total. The van der Waals surface area contributed by atoms with Crippen LogP contribution in [-0.4, -0.2) is 57.7 Å². The monoisotopic (exact) mass is 577 g/mol. The summed E-state index contributed by atoms with van der Waals surface area (Å²) in [5.41, 5.74) is 8.10. The summed E-state index contributed by atoms with van der Waals surface area (Å²) in [5, 5.41) is 17.3. The fourth-order valence-electron chi connectivity index (χ4n) is 6.23. The lowest BCUT2D eigenvalue weighted by molar-refractivity contribution is 0.202. The number of pyridine rings is 3. The van der Waals surface area contributed by atoms with Gasteiger partial charge in [-0.25, -0.2) is 9.97 Å². The van der Waals surface area contributed by atoms with E-state index in [2.05, 4.69) is 84.9 Å². The lowest BCUT2D eigenvalue weighted by Gasteiger charge is -2.31. The van der Waals surface area contributed by atoms with E-state index in [9.17, 15) is 0 Å². The molecule has 2 aromatic carbocycles. The molecule has 0 spiro atoms. The number of likely N-dealkylation sites (tertiary alicyclic amines) is 1. The van der Waals surface area contributed by atoms with E-state index in [1.54, 1.807) is 6.20 Å². The second-order valence-corrected chi connectivity index (χ2v) is 11.4. The highest BCUT2D eigenvalue weighted by Gasteiger charge is 2.24. The molecule has 0 saturated carbocycles. The molecular formula is C35H31N9. The second-order valence-electron chi connectivity index (χ2n) is 11.4. The number of aromatic nitrogens is 8. The summed E-state index contributed by atoms with van der Waals surface area (Å²) >= 11 is 0. The van der Waals surface area contributed by atoms with E-state index < -0.39 is 0 Å². The van der Waals surface area contributed by atoms with Crippen molar-refractivity contribution >= 4 is 16.6 Å². The summed E-state index contributed by atoms with van der Waals surface area (Å²) in [4.78, 5) is 16.8. The van der Waals surface area contributed by atoms with Gasteiger partial charge in [0.1, 0.15) is 17.3 Å². The summed E-state index contributed by atoms with van der Waals surface area (Å²) in [5.74, 6) is 2.88. The van der Waals surface area contributed by atoms with Crippen LogP contribution in [0.1, 0.15) is 36.0 Å². The van der Waals surface area contributed by atoms with Gasteiger partial charge in [-0.05, 0) is 68.2 Å². The minimum absolute atomic E-state index is 0.386. The number of hydrogen-bond acceptors (Lipinski definition) is 7. The molecule has 0 bridgehead atoms. The van der Waals surface area contributed by atoms with Gasteiger partial charge in [0.25, 0.3) is 0 Å². The first-order valence-electron chi connectivity index (χ1n) is 15.1. The van der Waals surface area contributed by atoms with Gasteiger partial charge in [-0.2, -0.15) is 5.10 Å². The second kappa shape index (κ2) is 11.1. The third kappa shape index (κ3) is 4.91. The number of aromatic amines is 1. The molecule has 1 aliphatic rings. The molecule has 9 nitrogen and oxygen atoms in total. The largest absolute Gasteiger partial charge is 0.299 e. The maximum atomic E-state index is 5.18. The Kier molecular flexibility index (Phi) is 6.64. The maximum Gasteiger partial charge on any atom is 0.199 e. The highest BCUT2D eigenvalue weighted by atomic mass is 15.2. The highest BCUT2D eigenvalue weighted by Crippen LogP contribution is 2.35. The van der Waals surface area contributed by atoms with Crippen LogP contribution in [0.25, 0.3) is 50.5 Å². The SMILES string of the molecule is Cc1nnc2c3cc(-c4ccccc4)c(-c4ccc(CN5CCC(c6nc(-c7ccccn7)n[nH]6)CC5)cc4)nc3ccn12. The molecule has 0 radical (unpaired) electrons. The average molecular weight is 578 g/mol. The number of rotatable bonds is 6. The van der Waals surface area contributed by atoms with Gasteiger partial charge in [0, 0.05) is 41.4 Å². The predicted octanol–water partition coefficient (Wildman–Crippen LogP) is 6.48. The van der Waals surface area contributed by atoms with Crippen molar-refractivity contribution in [3.63, 3.8) is 0 Å². The van der Waals surface area contributed by atoms with Crippen LogP contribution >= 0.6 is 0 Å². The van der Waals surface area contributed by atoms with Crippen LogP contribution in [-0.2, 0) is 6.54 Å². The van der Waals surface area contributed by atoms with Crippen LogP contribution in [0.3, 0.4) is 0 Å². The van der Waals surface area contributed by atoms with Gasteiger partial charge >= 0.3 is 0 Å². The Balaban J connectivity index is 1.01. The van der Waals surface area contributed by atoms with E-state index in [1.807, 2.05) is 47.9 Å². The van der Waals surface area contributed by atoms with Crippen molar-refractivity contribution in [1.29, 1.82) is 0 Å². The number of fused-ring (bicyclic) bond motifs is 3. The molecule has 0 aliphatic carbocycles. The first-order chi connectivity index (χ1) is 21.7. The summed E-state index contributed by atoms with van der Waals surface area (Å²) in [6.45, 7) is 4.93. The number of hydrogen-bond donors (Lipinski definition) is 1. The molecule has 0 amide bonds. The number of nitrogens with one attached hydrogen (secondary N) is 1. The van der Waals surface area contributed by atoms with Crippen molar-refractivity contribution in [3.05, 3.63) is 115 Å². The van der Waals surface area contributed by atoms with Gasteiger partial charge in [-0.15, -0.1) is 10.2 Å². The molecule has 1 aliphatic heterocycles. The van der Waals surface area contributed by atoms with Gasteiger partial charge in [0.2, 0.25) is 0 Å². The fraction of sp³-hybridized carbons (Fsp3) is 0.200. The molecule has 7 aromatic rings. The van der Waals surface area contributed by atoms with E-state index in [-0.39, 0.29) is 0 Å². The van der Waals surface area contributed by atoms with Crippen LogP contribution < -0.4 is 0 Å². The Morgan fingerprint density at radius 2 is 1.66 bits per heavy atom. The lowest BCUT2D eigenvalue weighted by atomic mass is 9.95. The summed E-state index contributed by atoms with van der Waals surface area (Å²) < 4.78 is 2.01. The number of nitrogens with zero attached hydrogens (tertiary/aromatic N) is 8. The van der Waals surface area contributed by atoms with Crippen molar-refractivity contribution < 1.29 is 0 Å². The van der Waals surface area contributed by atoms with E-state index in [4.69, 9.17) is 9.97 Å². The molecule has 216 valence electrons. The molecule has 0 unspecified atom stereocenters. The van der Waals surface area contributed by atoms with Crippen molar-refractivity contribution in [2.45, 2.75) is 32.2 Å². The van der Waals surface area contributed by atoms with E-state index >= 15 is 0 Å². The van der Waals surface area contributed by atoms with E-state index in [1.165, 1.54) is 5.56 Å². The van der Waals surface area contributed by atoms with Crippen LogP contribution in [0, 0.1) is 6.92 Å². The zero-order valence-corrected chi connectivity index (χ0v) is 24.4. The van der Waals surface area contributed by atoms with E-state index in [0.717, 1.165) is 88.8 Å². The standard InChI is InChI=1S/C35H31N9/c1-23-39-42-35-29-21-28(25-7-3-2-4-8-25)32(37-30(29)16-20-44(23)35)26-12-10-24(11-13-26)22-43-18-14-27(15-19-43)33-38-34(41-40-33)31-9-5-6-17-36-31/h2-13,16-17,20-21,27H,14-15,18-19,22H2,1H3,(H,38,40,41). The van der Waals surface area contributed by atoms with Gasteiger partial charge < -0.3 is 0 Å². The van der Waals surface area contributed by atoms with Gasteiger partial charge in [-0.1, -0.05) is 60.7 Å². The fourth-order valence-corrected chi connectivity index (χ4v) is 6.23. The molecule has 1 fully saturated rings. The Hall–Kier alpha value is -5.28. The van der Waals surface area contributed by atoms with Gasteiger partial charge in [0.05, 0.1) is 11.2 Å². The normalized spacial score (nSPS) is 14.5. The Bertz CT molecular complexity index is 2060. The minimum Gasteiger partial charge on any atom is -0.299 e. The number of piperidine rings is 1. The smallest absolute Gasteiger partial charge is 0.199 e. The van der Waals surface area contributed by atoms with Crippen molar-refractivity contribution in [2.24, 2.45) is 0 Å².